The molecule has 11 atom stereocenters. The second-order valence-electron chi connectivity index (χ2n) is 12.9. The van der Waals surface area contributed by atoms with Gasteiger partial charge in [0.05, 0.1) is 33.2 Å². The summed E-state index contributed by atoms with van der Waals surface area (Å²) in [7, 11) is -11.1. The third-order valence-electron chi connectivity index (χ3n) is 8.97. The van der Waals surface area contributed by atoms with Gasteiger partial charge in [0.25, 0.3) is 11.5 Å². The summed E-state index contributed by atoms with van der Waals surface area (Å²) in [5.74, 6) is 0.268. The van der Waals surface area contributed by atoms with Crippen LogP contribution in [0.3, 0.4) is 0 Å². The van der Waals surface area contributed by atoms with Crippen LogP contribution in [0.1, 0.15) is 12.5 Å². The third kappa shape index (κ3) is 7.36. The summed E-state index contributed by atoms with van der Waals surface area (Å²) in [6.45, 7) is -2.07. The summed E-state index contributed by atoms with van der Waals surface area (Å²) >= 11 is 0. The Hall–Kier alpha value is -3.33. The third-order valence-corrected chi connectivity index (χ3v) is 13.2. The molecule has 3 aliphatic heterocycles. The number of H-pyrrole nitrogens is 1. The molecule has 0 saturated carbocycles. The molecule has 4 aromatic heterocycles. The van der Waals surface area contributed by atoms with Crippen LogP contribution in [0.25, 0.3) is 22.3 Å². The molecule has 8 N–H and O–H groups in total. The quantitative estimate of drug-likeness (QED) is 0.0519. The molecule has 4 aromatic rings. The lowest BCUT2D eigenvalue weighted by molar-refractivity contribution is -0.745. The first-order valence-corrected chi connectivity index (χ1v) is 20.4. The standard InChI is InChI=1S/C25H35N10O17P3/c1-32(2)24-30-20-13(21(38)31-24)33(3)10-35(20)22-15(37)14(36)11(49-22)5-47-53(39,40)51-55(43,44)52-54(41,42)48-7-25-6-46-16(17(25)45-4)23(50-25)34-9-29-12-18(26)27-8-28-19(12)34/h8-11,14-17,22-23,36-37H,5-7H2,1-4H3,(H5-,26,27,28,30,31,38,39,40,41,42,43,44)/p+1/t11-,14+,15?,16?,17?,22-,23-,25?/m1/s1. The first-order chi connectivity index (χ1) is 25.8. The molecule has 7 rings (SSSR count). The number of aromatic amines is 1. The zero-order valence-electron chi connectivity index (χ0n) is 29.0. The Balaban J connectivity index is 0.976. The summed E-state index contributed by atoms with van der Waals surface area (Å²) in [5.41, 5.74) is 4.48. The molecule has 3 fully saturated rings. The Morgan fingerprint density at radius 2 is 1.80 bits per heavy atom. The molecule has 0 aromatic carbocycles. The molecule has 3 aliphatic rings. The lowest BCUT2D eigenvalue weighted by Crippen LogP contribution is -2.46. The first kappa shape index (κ1) is 39.9. The smallest absolute Gasteiger partial charge is 0.387 e. The predicted octanol–water partition coefficient (Wildman–Crippen LogP) is -2.29. The fourth-order valence-electron chi connectivity index (χ4n) is 6.54. The molecule has 30 heteroatoms. The number of rotatable bonds is 14. The van der Waals surface area contributed by atoms with Gasteiger partial charge in [0.1, 0.15) is 48.0 Å². The van der Waals surface area contributed by atoms with E-state index in [1.165, 1.54) is 51.7 Å². The zero-order valence-corrected chi connectivity index (χ0v) is 31.7. The number of imidazole rings is 2. The van der Waals surface area contributed by atoms with Crippen molar-refractivity contribution >= 4 is 57.6 Å². The number of ether oxygens (including phenoxy) is 4. The summed E-state index contributed by atoms with van der Waals surface area (Å²) in [4.78, 5) is 64.1. The zero-order chi connectivity index (χ0) is 39.8. The minimum Gasteiger partial charge on any atom is -0.387 e. The highest BCUT2D eigenvalue weighted by molar-refractivity contribution is 7.66. The van der Waals surface area contributed by atoms with Crippen molar-refractivity contribution in [1.82, 2.24) is 34.1 Å². The molecule has 2 bridgehead atoms. The van der Waals surface area contributed by atoms with Crippen LogP contribution in [0.15, 0.2) is 23.8 Å². The number of phosphoric ester groups is 2. The minimum absolute atomic E-state index is 0.0578. The topological polar surface area (TPSA) is 354 Å². The number of methoxy groups -OCH3 is 1. The Morgan fingerprint density at radius 1 is 1.09 bits per heavy atom. The van der Waals surface area contributed by atoms with Crippen LogP contribution in [-0.2, 0) is 57.4 Å². The lowest BCUT2D eigenvalue weighted by atomic mass is 10.0. The molecule has 0 spiro atoms. The molecule has 0 amide bonds. The van der Waals surface area contributed by atoms with Gasteiger partial charge in [-0.15, -0.1) is 0 Å². The summed E-state index contributed by atoms with van der Waals surface area (Å²) in [6.07, 6.45) is -5.16. The van der Waals surface area contributed by atoms with Crippen LogP contribution in [0.2, 0.25) is 0 Å². The van der Waals surface area contributed by atoms with Crippen LogP contribution in [0.5, 0.6) is 0 Å². The number of aryl methyl sites for hydroxylation is 1. The monoisotopic (exact) mass is 841 g/mol. The number of anilines is 2. The SMILES string of the molecule is COC1C2OCC1(COP(=O)(O)OP(=O)(O)OP(=O)(O)OC[C@H]1O[C@@H]([n+]3cn(C)c4c(=O)[nH]c(N(C)C)nc43)C(O)[C@H]1O)O[C@H]2n1cnc2c(N)ncnc21. The van der Waals surface area contributed by atoms with Crippen molar-refractivity contribution in [2.45, 2.75) is 48.6 Å². The van der Waals surface area contributed by atoms with E-state index in [1.54, 1.807) is 14.1 Å². The Labute approximate surface area is 307 Å². The van der Waals surface area contributed by atoms with Crippen molar-refractivity contribution in [2.75, 3.05) is 51.7 Å². The van der Waals surface area contributed by atoms with Gasteiger partial charge in [-0.05, 0) is 0 Å². The van der Waals surface area contributed by atoms with Crippen molar-refractivity contribution < 1.29 is 79.8 Å². The number of nitrogen functional groups attached to an aromatic ring is 1. The van der Waals surface area contributed by atoms with Gasteiger partial charge in [0, 0.05) is 21.2 Å². The number of nitrogens with one attached hydrogen (secondary N) is 1. The number of fused-ring (bicyclic) bond motifs is 4. The largest absolute Gasteiger partial charge is 0.490 e. The van der Waals surface area contributed by atoms with E-state index in [9.17, 15) is 43.4 Å². The van der Waals surface area contributed by atoms with E-state index in [1.807, 2.05) is 0 Å². The number of aliphatic hydroxyl groups excluding tert-OH is 2. The molecule has 7 heterocycles. The summed E-state index contributed by atoms with van der Waals surface area (Å²) in [5, 5.41) is 21.5. The van der Waals surface area contributed by atoms with Crippen LogP contribution in [0, 0.1) is 0 Å². The van der Waals surface area contributed by atoms with E-state index >= 15 is 0 Å². The molecule has 0 radical (unpaired) electrons. The minimum atomic E-state index is -5.94. The first-order valence-electron chi connectivity index (χ1n) is 15.9. The van der Waals surface area contributed by atoms with Crippen LogP contribution in [-0.4, -0.2) is 136 Å². The van der Waals surface area contributed by atoms with Crippen molar-refractivity contribution in [3.8, 4) is 0 Å². The number of hydrogen-bond donors (Lipinski definition) is 7. The number of nitrogens with two attached hydrogens (primary N) is 1. The van der Waals surface area contributed by atoms with E-state index < -0.39 is 90.8 Å². The number of aromatic nitrogens is 8. The highest BCUT2D eigenvalue weighted by Crippen LogP contribution is 2.68. The Bertz CT molecular complexity index is 2320. The molecule has 3 saturated heterocycles. The molecule has 302 valence electrons. The number of aliphatic hydroxyl groups is 2. The van der Waals surface area contributed by atoms with Crippen molar-refractivity contribution in [2.24, 2.45) is 7.05 Å². The van der Waals surface area contributed by atoms with E-state index in [-0.39, 0.29) is 40.7 Å². The van der Waals surface area contributed by atoms with Crippen molar-refractivity contribution in [3.05, 3.63) is 29.3 Å². The summed E-state index contributed by atoms with van der Waals surface area (Å²) < 4.78 is 83.6. The van der Waals surface area contributed by atoms with E-state index in [0.717, 1.165) is 0 Å². The second-order valence-corrected chi connectivity index (χ2v) is 17.5. The van der Waals surface area contributed by atoms with Crippen LogP contribution >= 0.6 is 23.5 Å². The van der Waals surface area contributed by atoms with Crippen molar-refractivity contribution in [3.63, 3.8) is 0 Å². The average Bonchev–Trinajstić information content (AvgIpc) is 3.89. The van der Waals surface area contributed by atoms with E-state index in [2.05, 4.69) is 33.5 Å². The van der Waals surface area contributed by atoms with E-state index in [0.29, 0.717) is 0 Å². The van der Waals surface area contributed by atoms with Gasteiger partial charge < -0.3 is 54.5 Å². The van der Waals surface area contributed by atoms with Gasteiger partial charge in [-0.1, -0.05) is 4.98 Å². The van der Waals surface area contributed by atoms with Gasteiger partial charge in [0.15, 0.2) is 24.0 Å². The normalized spacial score (nSPS) is 31.2. The maximum absolute atomic E-state index is 12.8. The number of phosphoric acid groups is 3. The molecular weight excluding hydrogens is 805 g/mol. The fourth-order valence-corrected chi connectivity index (χ4v) is 10.1. The average molecular weight is 842 g/mol. The van der Waals surface area contributed by atoms with Crippen molar-refractivity contribution in [1.29, 1.82) is 0 Å². The van der Waals surface area contributed by atoms with Crippen LogP contribution < -0.4 is 20.8 Å². The number of hydrogen-bond acceptors (Lipinski definition) is 20. The van der Waals surface area contributed by atoms with E-state index in [4.69, 9.17) is 33.7 Å². The van der Waals surface area contributed by atoms with Gasteiger partial charge in [-0.25, -0.2) is 33.2 Å². The Kier molecular flexibility index (Phi) is 10.3. The number of nitrogens with zero attached hydrogens (tertiary/aromatic N) is 8. The molecular formula is C25H36N10O17P3+. The lowest BCUT2D eigenvalue weighted by Gasteiger charge is -2.31. The van der Waals surface area contributed by atoms with Gasteiger partial charge in [0.2, 0.25) is 11.7 Å². The predicted molar refractivity (Wildman–Crippen MR) is 178 cm³/mol. The molecule has 27 nitrogen and oxygen atoms in total. The van der Waals surface area contributed by atoms with Crippen LogP contribution in [0.4, 0.5) is 11.8 Å². The van der Waals surface area contributed by atoms with Gasteiger partial charge in [-0.3, -0.25) is 28.0 Å². The maximum atomic E-state index is 12.8. The molecule has 7 unspecified atom stereocenters. The second kappa shape index (κ2) is 14.2. The highest BCUT2D eigenvalue weighted by Gasteiger charge is 2.64. The van der Waals surface area contributed by atoms with Gasteiger partial charge >= 0.3 is 29.1 Å². The fraction of sp³-hybridized carbons (Fsp3) is 0.600. The molecule has 55 heavy (non-hydrogen) atoms. The molecule has 0 aliphatic carbocycles. The highest BCUT2D eigenvalue weighted by atomic mass is 31.3. The summed E-state index contributed by atoms with van der Waals surface area (Å²) in [6, 6.07) is 0. The maximum Gasteiger partial charge on any atom is 0.490 e. The Morgan fingerprint density at radius 3 is 2.49 bits per heavy atom. The van der Waals surface area contributed by atoms with Gasteiger partial charge in [-0.2, -0.15) is 8.62 Å².